The van der Waals surface area contributed by atoms with Crippen LogP contribution in [0, 0.1) is 0 Å². The van der Waals surface area contributed by atoms with Crippen LogP contribution in [0.25, 0.3) is 0 Å². The lowest BCUT2D eigenvalue weighted by atomic mass is 9.88. The lowest BCUT2D eigenvalue weighted by Gasteiger charge is -2.43. The molecule has 1 aromatic rings. The maximum atomic E-state index is 12.2. The predicted octanol–water partition coefficient (Wildman–Crippen LogP) is 3.41. The van der Waals surface area contributed by atoms with E-state index in [4.69, 9.17) is 9.47 Å². The van der Waals surface area contributed by atoms with Crippen LogP contribution in [0.4, 0.5) is 13.2 Å². The molecule has 1 aliphatic heterocycles. The highest BCUT2D eigenvalue weighted by Gasteiger charge is 2.34. The first-order valence-electron chi connectivity index (χ1n) is 9.80. The third kappa shape index (κ3) is 8.84. The first-order chi connectivity index (χ1) is 13.7. The Morgan fingerprint density at radius 3 is 2.33 bits per heavy atom. The Morgan fingerprint density at radius 2 is 1.80 bits per heavy atom. The number of aliphatic imine (C=N–C) groups is 1. The van der Waals surface area contributed by atoms with Gasteiger partial charge in [-0.1, -0.05) is 12.1 Å². The van der Waals surface area contributed by atoms with Crippen molar-refractivity contribution in [2.24, 2.45) is 4.99 Å². The molecule has 6 nitrogen and oxygen atoms in total. The molecular formula is C20H32F3IN4O2. The molecule has 0 radical (unpaired) electrons. The third-order valence-corrected chi connectivity index (χ3v) is 5.05. The van der Waals surface area contributed by atoms with E-state index in [0.29, 0.717) is 12.5 Å². The van der Waals surface area contributed by atoms with E-state index in [1.165, 1.54) is 12.1 Å². The fourth-order valence-electron chi connectivity index (χ4n) is 3.15. The summed E-state index contributed by atoms with van der Waals surface area (Å²) in [6, 6.07) is 6.50. The van der Waals surface area contributed by atoms with Crippen LogP contribution in [0.2, 0.25) is 0 Å². The summed E-state index contributed by atoms with van der Waals surface area (Å²) < 4.78 is 46.9. The highest BCUT2D eigenvalue weighted by atomic mass is 127. The van der Waals surface area contributed by atoms with Crippen molar-refractivity contribution in [3.8, 4) is 5.75 Å². The van der Waals surface area contributed by atoms with Crippen molar-refractivity contribution in [3.05, 3.63) is 29.8 Å². The van der Waals surface area contributed by atoms with Gasteiger partial charge in [0.25, 0.3) is 0 Å². The van der Waals surface area contributed by atoms with Crippen molar-refractivity contribution in [2.75, 3.05) is 47.0 Å². The van der Waals surface area contributed by atoms with E-state index in [-0.39, 0.29) is 35.3 Å². The number of rotatable bonds is 8. The summed E-state index contributed by atoms with van der Waals surface area (Å²) in [6.45, 7) is 4.09. The van der Waals surface area contributed by atoms with Gasteiger partial charge in [0.2, 0.25) is 0 Å². The molecule has 0 aromatic heterocycles. The van der Waals surface area contributed by atoms with Crippen LogP contribution >= 0.6 is 24.0 Å². The van der Waals surface area contributed by atoms with E-state index in [9.17, 15) is 13.2 Å². The predicted molar refractivity (Wildman–Crippen MR) is 123 cm³/mol. The number of nitrogens with zero attached hydrogens (tertiary/aromatic N) is 2. The summed E-state index contributed by atoms with van der Waals surface area (Å²) in [6.07, 6.45) is -2.44. The summed E-state index contributed by atoms with van der Waals surface area (Å²) >= 11 is 0. The Bertz CT molecular complexity index is 648. The van der Waals surface area contributed by atoms with Crippen LogP contribution in [0.15, 0.2) is 29.3 Å². The summed E-state index contributed by atoms with van der Waals surface area (Å²) in [4.78, 5) is 6.84. The van der Waals surface area contributed by atoms with Gasteiger partial charge in [0, 0.05) is 31.8 Å². The molecule has 1 heterocycles. The molecule has 2 rings (SSSR count). The minimum Gasteiger partial charge on any atom is -0.484 e. The first-order valence-corrected chi connectivity index (χ1v) is 9.80. The van der Waals surface area contributed by atoms with E-state index >= 15 is 0 Å². The number of ether oxygens (including phenoxy) is 2. The monoisotopic (exact) mass is 544 g/mol. The quantitative estimate of drug-likeness (QED) is 0.299. The number of nitrogens with one attached hydrogen (secondary N) is 2. The molecule has 0 spiro atoms. The molecule has 2 N–H and O–H groups in total. The number of alkyl halides is 3. The zero-order valence-corrected chi connectivity index (χ0v) is 20.0. The molecule has 30 heavy (non-hydrogen) atoms. The SMILES string of the molecule is CCNC(=NCc1ccc(OCC(F)(F)F)cc1)NCC1(N(C)C)CCOCC1.I. The van der Waals surface area contributed by atoms with Gasteiger partial charge in [0.1, 0.15) is 5.75 Å². The van der Waals surface area contributed by atoms with Gasteiger partial charge in [0.15, 0.2) is 12.6 Å². The van der Waals surface area contributed by atoms with Gasteiger partial charge in [-0.05, 0) is 51.6 Å². The molecule has 1 aromatic carbocycles. The maximum absolute atomic E-state index is 12.2. The van der Waals surface area contributed by atoms with E-state index in [0.717, 1.165) is 44.7 Å². The fourth-order valence-corrected chi connectivity index (χ4v) is 3.15. The minimum absolute atomic E-state index is 0. The van der Waals surface area contributed by atoms with Crippen LogP contribution in [0.1, 0.15) is 25.3 Å². The van der Waals surface area contributed by atoms with Crippen molar-refractivity contribution >= 4 is 29.9 Å². The van der Waals surface area contributed by atoms with Gasteiger partial charge < -0.3 is 25.0 Å². The average Bonchev–Trinajstić information content (AvgIpc) is 2.69. The molecule has 0 unspecified atom stereocenters. The second-order valence-corrected chi connectivity index (χ2v) is 7.33. The van der Waals surface area contributed by atoms with Gasteiger partial charge >= 0.3 is 6.18 Å². The van der Waals surface area contributed by atoms with E-state index in [2.05, 4.69) is 34.6 Å². The second kappa shape index (κ2) is 12.6. The molecule has 172 valence electrons. The minimum atomic E-state index is -4.34. The summed E-state index contributed by atoms with van der Waals surface area (Å²) in [5.41, 5.74) is 0.904. The Hall–Kier alpha value is -1.27. The van der Waals surface area contributed by atoms with Gasteiger partial charge in [-0.15, -0.1) is 24.0 Å². The number of guanidine groups is 1. The van der Waals surface area contributed by atoms with Crippen LogP contribution in [-0.2, 0) is 11.3 Å². The molecule has 0 saturated carbocycles. The molecule has 0 bridgehead atoms. The Labute approximate surface area is 193 Å². The normalized spacial score (nSPS) is 16.7. The van der Waals surface area contributed by atoms with Crippen LogP contribution in [-0.4, -0.2) is 69.6 Å². The van der Waals surface area contributed by atoms with Crippen LogP contribution < -0.4 is 15.4 Å². The molecule has 0 aliphatic carbocycles. The summed E-state index contributed by atoms with van der Waals surface area (Å²) in [5.74, 6) is 0.894. The maximum Gasteiger partial charge on any atom is 0.422 e. The molecule has 0 atom stereocenters. The average molecular weight is 544 g/mol. The zero-order valence-electron chi connectivity index (χ0n) is 17.7. The Kier molecular flexibility index (Phi) is 11.2. The molecular weight excluding hydrogens is 512 g/mol. The van der Waals surface area contributed by atoms with Crippen LogP contribution in [0.5, 0.6) is 5.75 Å². The second-order valence-electron chi connectivity index (χ2n) is 7.33. The number of halogens is 4. The van der Waals surface area contributed by atoms with Crippen molar-refractivity contribution in [1.29, 1.82) is 0 Å². The van der Waals surface area contributed by atoms with E-state index in [1.54, 1.807) is 12.1 Å². The number of hydrogen-bond acceptors (Lipinski definition) is 4. The highest BCUT2D eigenvalue weighted by molar-refractivity contribution is 14.0. The molecule has 10 heteroatoms. The van der Waals surface area contributed by atoms with Crippen molar-refractivity contribution < 1.29 is 22.6 Å². The number of likely N-dealkylation sites (N-methyl/N-ethyl adjacent to an activating group) is 1. The van der Waals surface area contributed by atoms with Gasteiger partial charge in [-0.3, -0.25) is 0 Å². The summed E-state index contributed by atoms with van der Waals surface area (Å²) in [7, 11) is 4.17. The molecule has 0 amide bonds. The van der Waals surface area contributed by atoms with E-state index < -0.39 is 12.8 Å². The lowest BCUT2D eigenvalue weighted by molar-refractivity contribution is -0.153. The number of benzene rings is 1. The standard InChI is InChI=1S/C20H31F3N4O2.HI/c1-4-24-18(26-14-19(27(2)3)9-11-28-12-10-19)25-13-16-5-7-17(8-6-16)29-15-20(21,22)23;/h5-8H,4,9-15H2,1-3H3,(H2,24,25,26);1H. The number of hydrogen-bond donors (Lipinski definition) is 2. The van der Waals surface area contributed by atoms with Crippen LogP contribution in [0.3, 0.4) is 0 Å². The fraction of sp³-hybridized carbons (Fsp3) is 0.650. The van der Waals surface area contributed by atoms with Gasteiger partial charge in [-0.25, -0.2) is 4.99 Å². The largest absolute Gasteiger partial charge is 0.484 e. The molecule has 1 fully saturated rings. The molecule has 1 saturated heterocycles. The lowest BCUT2D eigenvalue weighted by Crippen LogP contribution is -2.57. The molecule has 1 aliphatic rings. The third-order valence-electron chi connectivity index (χ3n) is 5.05. The first kappa shape index (κ1) is 26.8. The highest BCUT2D eigenvalue weighted by Crippen LogP contribution is 2.25. The topological polar surface area (TPSA) is 58.1 Å². The van der Waals surface area contributed by atoms with Crippen molar-refractivity contribution in [1.82, 2.24) is 15.5 Å². The van der Waals surface area contributed by atoms with Gasteiger partial charge in [0.05, 0.1) is 6.54 Å². The smallest absolute Gasteiger partial charge is 0.422 e. The Morgan fingerprint density at radius 1 is 1.17 bits per heavy atom. The Balaban J connectivity index is 0.00000450. The zero-order chi connectivity index (χ0) is 21.3. The van der Waals surface area contributed by atoms with Gasteiger partial charge in [-0.2, -0.15) is 13.2 Å². The van der Waals surface area contributed by atoms with E-state index in [1.807, 2.05) is 6.92 Å². The van der Waals surface area contributed by atoms with Crippen molar-refractivity contribution in [3.63, 3.8) is 0 Å². The summed E-state index contributed by atoms with van der Waals surface area (Å²) in [5, 5.41) is 6.66. The van der Waals surface area contributed by atoms with Crippen molar-refractivity contribution in [2.45, 2.75) is 38.0 Å².